The van der Waals surface area contributed by atoms with Gasteiger partial charge in [0.15, 0.2) is 5.11 Å². The summed E-state index contributed by atoms with van der Waals surface area (Å²) in [5.74, 6) is 0. The summed E-state index contributed by atoms with van der Waals surface area (Å²) < 4.78 is 12.9. The van der Waals surface area contributed by atoms with Crippen molar-refractivity contribution in [2.45, 2.75) is 0 Å². The van der Waals surface area contributed by atoms with Crippen LogP contribution in [0.2, 0.25) is 0 Å². The van der Waals surface area contributed by atoms with Gasteiger partial charge in [0.1, 0.15) is 6.67 Å². The van der Waals surface area contributed by atoms with E-state index in [0.29, 0.717) is 5.11 Å². The van der Waals surface area contributed by atoms with Crippen LogP contribution in [0.3, 0.4) is 0 Å². The van der Waals surface area contributed by atoms with Crippen LogP contribution in [-0.2, 0) is 0 Å². The molecule has 0 heterocycles. The van der Waals surface area contributed by atoms with E-state index in [1.165, 1.54) is 0 Å². The van der Waals surface area contributed by atoms with Gasteiger partial charge in [0.25, 0.3) is 0 Å². The van der Waals surface area contributed by atoms with Gasteiger partial charge in [-0.1, -0.05) is 6.07 Å². The van der Waals surface area contributed by atoms with E-state index in [2.05, 4.69) is 33.2 Å². The van der Waals surface area contributed by atoms with Crippen LogP contribution in [0.4, 0.5) is 10.1 Å². The van der Waals surface area contributed by atoms with Gasteiger partial charge >= 0.3 is 0 Å². The fourth-order valence-corrected chi connectivity index (χ4v) is 1.67. The molecule has 1 aromatic carbocycles. The molecule has 0 aliphatic rings. The molecule has 0 spiro atoms. The van der Waals surface area contributed by atoms with Crippen LogP contribution in [0.5, 0.6) is 0 Å². The first kappa shape index (κ1) is 11.6. The maximum absolute atomic E-state index is 11.8. The third-order valence-electron chi connectivity index (χ3n) is 1.46. The average molecular weight is 324 g/mol. The lowest BCUT2D eigenvalue weighted by atomic mass is 10.3. The predicted molar refractivity (Wildman–Crippen MR) is 69.4 cm³/mol. The van der Waals surface area contributed by atoms with Gasteiger partial charge in [0.05, 0.1) is 0 Å². The molecule has 0 saturated heterocycles. The van der Waals surface area contributed by atoms with Gasteiger partial charge < -0.3 is 10.6 Å². The van der Waals surface area contributed by atoms with Crippen LogP contribution >= 0.6 is 34.8 Å². The Morgan fingerprint density at radius 3 is 2.93 bits per heavy atom. The average Bonchev–Trinajstić information content (AvgIpc) is 2.15. The minimum absolute atomic E-state index is 0.246. The number of thiocarbonyl (C=S) groups is 1. The number of benzene rings is 1. The van der Waals surface area contributed by atoms with Crippen molar-refractivity contribution in [2.24, 2.45) is 0 Å². The van der Waals surface area contributed by atoms with Crippen LogP contribution < -0.4 is 10.6 Å². The molecule has 2 nitrogen and oxygen atoms in total. The summed E-state index contributed by atoms with van der Waals surface area (Å²) >= 11 is 7.17. The molecule has 0 aliphatic carbocycles. The molecule has 0 radical (unpaired) electrons. The SMILES string of the molecule is FCCNC(=S)Nc1cccc(I)c1. The topological polar surface area (TPSA) is 24.1 Å². The summed E-state index contributed by atoms with van der Waals surface area (Å²) in [6, 6.07) is 7.79. The van der Waals surface area contributed by atoms with Gasteiger partial charge in [-0.3, -0.25) is 0 Å². The lowest BCUT2D eigenvalue weighted by molar-refractivity contribution is 0.492. The van der Waals surface area contributed by atoms with Crippen LogP contribution in [0, 0.1) is 3.57 Å². The second-order valence-corrected chi connectivity index (χ2v) is 4.23. The molecule has 1 rings (SSSR count). The lowest BCUT2D eigenvalue weighted by Gasteiger charge is -2.08. The van der Waals surface area contributed by atoms with Gasteiger partial charge in [-0.25, -0.2) is 4.39 Å². The highest BCUT2D eigenvalue weighted by Crippen LogP contribution is 2.11. The van der Waals surface area contributed by atoms with Crippen molar-refractivity contribution >= 4 is 45.6 Å². The normalized spacial score (nSPS) is 9.57. The van der Waals surface area contributed by atoms with Gasteiger partial charge in [0.2, 0.25) is 0 Å². The number of halogens is 2. The van der Waals surface area contributed by atoms with E-state index < -0.39 is 6.67 Å². The molecule has 0 aromatic heterocycles. The zero-order valence-electron chi connectivity index (χ0n) is 7.39. The molecular weight excluding hydrogens is 314 g/mol. The van der Waals surface area contributed by atoms with Crippen LogP contribution in [0.25, 0.3) is 0 Å². The molecule has 5 heteroatoms. The second kappa shape index (κ2) is 6.13. The first-order valence-electron chi connectivity index (χ1n) is 4.09. The Morgan fingerprint density at radius 1 is 1.50 bits per heavy atom. The monoisotopic (exact) mass is 324 g/mol. The quantitative estimate of drug-likeness (QED) is 0.660. The van der Waals surface area contributed by atoms with Crippen LogP contribution in [-0.4, -0.2) is 18.3 Å². The third kappa shape index (κ3) is 4.19. The fraction of sp³-hybridized carbons (Fsp3) is 0.222. The van der Waals surface area contributed by atoms with Crippen molar-refractivity contribution in [3.8, 4) is 0 Å². The van der Waals surface area contributed by atoms with Gasteiger partial charge in [-0.2, -0.15) is 0 Å². The second-order valence-electron chi connectivity index (χ2n) is 2.58. The van der Waals surface area contributed by atoms with Crippen LogP contribution in [0.15, 0.2) is 24.3 Å². The summed E-state index contributed by atoms with van der Waals surface area (Å²) in [5, 5.41) is 6.16. The Hall–Kier alpha value is -0.430. The number of alkyl halides is 1. The molecule has 76 valence electrons. The highest BCUT2D eigenvalue weighted by Gasteiger charge is 1.96. The van der Waals surface area contributed by atoms with Crippen molar-refractivity contribution in [3.05, 3.63) is 27.8 Å². The largest absolute Gasteiger partial charge is 0.360 e. The lowest BCUT2D eigenvalue weighted by Crippen LogP contribution is -2.30. The van der Waals surface area contributed by atoms with Gasteiger partial charge in [0, 0.05) is 15.8 Å². The van der Waals surface area contributed by atoms with E-state index in [4.69, 9.17) is 12.2 Å². The number of anilines is 1. The maximum atomic E-state index is 11.8. The molecule has 0 saturated carbocycles. The molecule has 14 heavy (non-hydrogen) atoms. The van der Waals surface area contributed by atoms with Crippen LogP contribution in [0.1, 0.15) is 0 Å². The summed E-state index contributed by atoms with van der Waals surface area (Å²) in [5.41, 5.74) is 0.910. The van der Waals surface area contributed by atoms with Crippen molar-refractivity contribution < 1.29 is 4.39 Å². The molecule has 0 atom stereocenters. The van der Waals surface area contributed by atoms with Crippen molar-refractivity contribution in [1.29, 1.82) is 0 Å². The Kier molecular flexibility index (Phi) is 5.10. The van der Waals surface area contributed by atoms with Gasteiger partial charge in [-0.05, 0) is 53.0 Å². The summed E-state index contributed by atoms with van der Waals surface area (Å²) in [4.78, 5) is 0. The van der Waals surface area contributed by atoms with E-state index in [9.17, 15) is 4.39 Å². The minimum atomic E-state index is -0.422. The molecular formula is C9H10FIN2S. The Labute approximate surface area is 101 Å². The standard InChI is InChI=1S/C9H10FIN2S/c10-4-5-12-9(14)13-8-3-1-2-7(11)6-8/h1-3,6H,4-5H2,(H2,12,13,14). The number of rotatable bonds is 3. The first-order valence-corrected chi connectivity index (χ1v) is 5.57. The van der Waals surface area contributed by atoms with E-state index in [0.717, 1.165) is 9.26 Å². The Balaban J connectivity index is 2.47. The molecule has 0 amide bonds. The van der Waals surface area contributed by atoms with Gasteiger partial charge in [-0.15, -0.1) is 0 Å². The highest BCUT2D eigenvalue weighted by atomic mass is 127. The number of hydrogen-bond acceptors (Lipinski definition) is 1. The predicted octanol–water partition coefficient (Wildman–Crippen LogP) is 2.55. The van der Waals surface area contributed by atoms with Crippen molar-refractivity contribution in [2.75, 3.05) is 18.5 Å². The summed E-state index contributed by atoms with van der Waals surface area (Å²) in [6.07, 6.45) is 0. The Morgan fingerprint density at radius 2 is 2.29 bits per heavy atom. The zero-order chi connectivity index (χ0) is 10.4. The minimum Gasteiger partial charge on any atom is -0.360 e. The molecule has 0 fully saturated rings. The van der Waals surface area contributed by atoms with E-state index in [1.807, 2.05) is 24.3 Å². The highest BCUT2D eigenvalue weighted by molar-refractivity contribution is 14.1. The molecule has 0 unspecified atom stereocenters. The summed E-state index contributed by atoms with van der Waals surface area (Å²) in [6.45, 7) is -0.177. The van der Waals surface area contributed by atoms with E-state index in [-0.39, 0.29) is 6.54 Å². The maximum Gasteiger partial charge on any atom is 0.170 e. The van der Waals surface area contributed by atoms with E-state index >= 15 is 0 Å². The Bertz CT molecular complexity index is 319. The zero-order valence-corrected chi connectivity index (χ0v) is 10.4. The molecule has 1 aromatic rings. The molecule has 0 aliphatic heterocycles. The summed E-state index contributed by atoms with van der Waals surface area (Å²) in [7, 11) is 0. The molecule has 2 N–H and O–H groups in total. The smallest absolute Gasteiger partial charge is 0.170 e. The van der Waals surface area contributed by atoms with Crippen molar-refractivity contribution in [1.82, 2.24) is 5.32 Å². The number of hydrogen-bond donors (Lipinski definition) is 2. The van der Waals surface area contributed by atoms with Crippen molar-refractivity contribution in [3.63, 3.8) is 0 Å². The third-order valence-corrected chi connectivity index (χ3v) is 2.38. The van der Waals surface area contributed by atoms with E-state index in [1.54, 1.807) is 0 Å². The molecule has 0 bridgehead atoms. The fourth-order valence-electron chi connectivity index (χ4n) is 0.902. The number of nitrogens with one attached hydrogen (secondary N) is 2. The first-order chi connectivity index (χ1) is 6.72.